The van der Waals surface area contributed by atoms with Crippen molar-refractivity contribution in [2.45, 2.75) is 0 Å². The number of carbonyl (C=O) groups excluding carboxylic acids is 1. The maximum Gasteiger partial charge on any atom is 0.213 e. The number of nitrogens with zero attached hydrogens (tertiary/aromatic N) is 2. The van der Waals surface area contributed by atoms with Gasteiger partial charge in [-0.15, -0.1) is 5.10 Å². The second kappa shape index (κ2) is 10.0. The van der Waals surface area contributed by atoms with Gasteiger partial charge in [-0.05, 0) is 78.4 Å². The lowest BCUT2D eigenvalue weighted by atomic mass is 10.0. The molecule has 3 aromatic rings. The average Bonchev–Trinajstić information content (AvgIpc) is 2.82. The molecule has 0 saturated heterocycles. The van der Waals surface area contributed by atoms with Gasteiger partial charge in [-0.1, -0.05) is 0 Å². The van der Waals surface area contributed by atoms with Gasteiger partial charge in [-0.3, -0.25) is 4.79 Å². The zero-order valence-corrected chi connectivity index (χ0v) is 17.0. The van der Waals surface area contributed by atoms with E-state index in [2.05, 4.69) is 10.2 Å². The lowest BCUT2D eigenvalue weighted by Gasteiger charge is -2.07. The Labute approximate surface area is 175 Å². The van der Waals surface area contributed by atoms with Crippen LogP contribution < -0.4 is 14.2 Å². The Bertz CT molecular complexity index is 1040. The van der Waals surface area contributed by atoms with Gasteiger partial charge in [0.15, 0.2) is 0 Å². The molecule has 0 aromatic heterocycles. The maximum atomic E-state index is 13.1. The summed E-state index contributed by atoms with van der Waals surface area (Å²) in [5, 5.41) is 8.38. The molecule has 3 aromatic carbocycles. The van der Waals surface area contributed by atoms with Gasteiger partial charge in [-0.2, -0.15) is 5.10 Å². The Morgan fingerprint density at radius 3 is 1.57 bits per heavy atom. The zero-order chi connectivity index (χ0) is 21.3. The van der Waals surface area contributed by atoms with E-state index in [-0.39, 0.29) is 11.5 Å². The molecule has 6 heteroatoms. The van der Waals surface area contributed by atoms with Gasteiger partial charge >= 0.3 is 0 Å². The van der Waals surface area contributed by atoms with Crippen molar-refractivity contribution in [1.29, 1.82) is 0 Å². The van der Waals surface area contributed by atoms with Gasteiger partial charge in [0.05, 0.1) is 27.5 Å². The number of methoxy groups -OCH3 is 3. The number of benzene rings is 3. The van der Waals surface area contributed by atoms with Crippen molar-refractivity contribution in [3.05, 3.63) is 89.5 Å². The fourth-order valence-corrected chi connectivity index (χ4v) is 2.71. The van der Waals surface area contributed by atoms with Crippen LogP contribution in [0.25, 0.3) is 0 Å². The van der Waals surface area contributed by atoms with E-state index in [1.54, 1.807) is 76.1 Å². The number of ketones is 1. The Morgan fingerprint density at radius 1 is 0.667 bits per heavy atom. The number of carbonyl (C=O) groups is 1. The summed E-state index contributed by atoms with van der Waals surface area (Å²) >= 11 is 0. The van der Waals surface area contributed by atoms with Crippen LogP contribution in [0.4, 0.5) is 0 Å². The minimum atomic E-state index is -0.241. The van der Waals surface area contributed by atoms with E-state index in [4.69, 9.17) is 14.2 Å². The number of hydrogen-bond acceptors (Lipinski definition) is 6. The van der Waals surface area contributed by atoms with Crippen molar-refractivity contribution < 1.29 is 19.0 Å². The Hall–Kier alpha value is -3.93. The Balaban J connectivity index is 1.93. The molecule has 0 atom stereocenters. The van der Waals surface area contributed by atoms with Crippen LogP contribution in [-0.2, 0) is 0 Å². The summed E-state index contributed by atoms with van der Waals surface area (Å²) in [6.07, 6.45) is 1.59. The van der Waals surface area contributed by atoms with Crippen LogP contribution in [0.5, 0.6) is 17.2 Å². The first-order chi connectivity index (χ1) is 14.6. The first-order valence-corrected chi connectivity index (χ1v) is 9.23. The first kappa shape index (κ1) is 20.8. The van der Waals surface area contributed by atoms with E-state index in [0.717, 1.165) is 11.3 Å². The molecule has 0 saturated carbocycles. The number of rotatable bonds is 8. The number of ether oxygens (including phenoxy) is 3. The normalized spacial score (nSPS) is 11.4. The smallest absolute Gasteiger partial charge is 0.213 e. The van der Waals surface area contributed by atoms with Crippen LogP contribution in [0.15, 0.2) is 83.0 Å². The Morgan fingerprint density at radius 2 is 1.10 bits per heavy atom. The average molecular weight is 402 g/mol. The monoisotopic (exact) mass is 402 g/mol. The summed E-state index contributed by atoms with van der Waals surface area (Å²) in [5.74, 6) is 1.88. The molecule has 0 aliphatic rings. The van der Waals surface area contributed by atoms with Gasteiger partial charge in [0.2, 0.25) is 5.78 Å². The summed E-state index contributed by atoms with van der Waals surface area (Å²) < 4.78 is 15.5. The molecule has 0 heterocycles. The molecule has 0 aliphatic heterocycles. The Kier molecular flexibility index (Phi) is 6.95. The molecule has 6 nitrogen and oxygen atoms in total. The van der Waals surface area contributed by atoms with Crippen LogP contribution in [0.1, 0.15) is 21.5 Å². The molecule has 0 amide bonds. The molecular formula is C24H22N2O4. The topological polar surface area (TPSA) is 69.5 Å². The minimum Gasteiger partial charge on any atom is -0.497 e. The fraction of sp³-hybridized carbons (Fsp3) is 0.125. The van der Waals surface area contributed by atoms with Crippen LogP contribution in [0.2, 0.25) is 0 Å². The first-order valence-electron chi connectivity index (χ1n) is 9.23. The summed E-state index contributed by atoms with van der Waals surface area (Å²) in [4.78, 5) is 13.1. The molecule has 0 unspecified atom stereocenters. The molecular weight excluding hydrogens is 380 g/mol. The SMILES string of the molecule is COc1ccc(C=NN=C(C(=O)c2ccc(OC)cc2)c2ccc(OC)cc2)cc1. The highest BCUT2D eigenvalue weighted by Crippen LogP contribution is 2.17. The van der Waals surface area contributed by atoms with Crippen molar-refractivity contribution in [3.8, 4) is 17.2 Å². The molecule has 0 N–H and O–H groups in total. The third-order valence-corrected chi connectivity index (χ3v) is 4.41. The van der Waals surface area contributed by atoms with Crippen LogP contribution >= 0.6 is 0 Å². The largest absolute Gasteiger partial charge is 0.497 e. The minimum absolute atomic E-state index is 0.229. The molecule has 152 valence electrons. The van der Waals surface area contributed by atoms with E-state index in [9.17, 15) is 4.79 Å². The van der Waals surface area contributed by atoms with Gasteiger partial charge in [0.25, 0.3) is 0 Å². The van der Waals surface area contributed by atoms with Crippen LogP contribution in [-0.4, -0.2) is 39.0 Å². The predicted octanol–water partition coefficient (Wildman–Crippen LogP) is 4.42. The zero-order valence-electron chi connectivity index (χ0n) is 17.0. The number of Topliss-reactive ketones (excluding diaryl/α,β-unsaturated/α-hetero) is 1. The third kappa shape index (κ3) is 5.11. The lowest BCUT2D eigenvalue weighted by molar-refractivity contribution is 0.106. The van der Waals surface area contributed by atoms with E-state index in [1.165, 1.54) is 0 Å². The van der Waals surface area contributed by atoms with Gasteiger partial charge in [0, 0.05) is 11.1 Å². The highest BCUT2D eigenvalue weighted by Gasteiger charge is 2.17. The molecule has 0 spiro atoms. The van der Waals surface area contributed by atoms with E-state index in [1.807, 2.05) is 24.3 Å². The molecule has 0 radical (unpaired) electrons. The highest BCUT2D eigenvalue weighted by atomic mass is 16.5. The second-order valence-electron chi connectivity index (χ2n) is 6.25. The molecule has 0 bridgehead atoms. The lowest BCUT2D eigenvalue weighted by Crippen LogP contribution is -2.15. The van der Waals surface area contributed by atoms with Crippen molar-refractivity contribution in [2.75, 3.05) is 21.3 Å². The summed E-state index contributed by atoms with van der Waals surface area (Å²) in [6, 6.07) is 21.4. The van der Waals surface area contributed by atoms with E-state index >= 15 is 0 Å². The van der Waals surface area contributed by atoms with Crippen molar-refractivity contribution in [2.24, 2.45) is 10.2 Å². The molecule has 0 fully saturated rings. The van der Waals surface area contributed by atoms with Crippen LogP contribution in [0, 0.1) is 0 Å². The van der Waals surface area contributed by atoms with Crippen LogP contribution in [0.3, 0.4) is 0 Å². The highest BCUT2D eigenvalue weighted by molar-refractivity contribution is 6.51. The standard InChI is InChI=1S/C24H22N2O4/c1-28-20-10-4-17(5-11-20)16-25-26-23(18-6-12-21(29-2)13-7-18)24(27)19-8-14-22(30-3)15-9-19/h4-16H,1-3H3. The maximum absolute atomic E-state index is 13.1. The summed E-state index contributed by atoms with van der Waals surface area (Å²) in [6.45, 7) is 0. The van der Waals surface area contributed by atoms with E-state index < -0.39 is 0 Å². The summed E-state index contributed by atoms with van der Waals surface area (Å²) in [7, 11) is 4.78. The van der Waals surface area contributed by atoms with Gasteiger partial charge in [0.1, 0.15) is 23.0 Å². The molecule has 30 heavy (non-hydrogen) atoms. The fourth-order valence-electron chi connectivity index (χ4n) is 2.71. The van der Waals surface area contributed by atoms with Gasteiger partial charge in [-0.25, -0.2) is 0 Å². The summed E-state index contributed by atoms with van der Waals surface area (Å²) in [5.41, 5.74) is 2.20. The van der Waals surface area contributed by atoms with Crippen molar-refractivity contribution >= 4 is 17.7 Å². The number of hydrogen-bond donors (Lipinski definition) is 0. The molecule has 0 aliphatic carbocycles. The quantitative estimate of drug-likeness (QED) is 0.318. The van der Waals surface area contributed by atoms with Crippen molar-refractivity contribution in [3.63, 3.8) is 0 Å². The third-order valence-electron chi connectivity index (χ3n) is 4.41. The van der Waals surface area contributed by atoms with E-state index in [0.29, 0.717) is 22.6 Å². The van der Waals surface area contributed by atoms with Gasteiger partial charge < -0.3 is 14.2 Å². The molecule has 3 rings (SSSR count). The second-order valence-corrected chi connectivity index (χ2v) is 6.25. The predicted molar refractivity (Wildman–Crippen MR) is 117 cm³/mol. The van der Waals surface area contributed by atoms with Crippen molar-refractivity contribution in [1.82, 2.24) is 0 Å².